The van der Waals surface area contributed by atoms with Crippen molar-refractivity contribution in [2.45, 2.75) is 37.7 Å². The van der Waals surface area contributed by atoms with E-state index in [-0.39, 0.29) is 19.0 Å². The largest absolute Gasteiger partial charge is 0.442 e. The second kappa shape index (κ2) is 7.44. The number of ether oxygens (including phenoxy) is 1. The Morgan fingerprint density at radius 1 is 1.52 bits per heavy atom. The molecule has 4 rings (SSSR count). The van der Waals surface area contributed by atoms with Crippen molar-refractivity contribution in [1.82, 2.24) is 10.3 Å². The quantitative estimate of drug-likeness (QED) is 0.810. The van der Waals surface area contributed by atoms with Crippen molar-refractivity contribution in [2.75, 3.05) is 18.0 Å². The molecule has 1 saturated heterocycles. The van der Waals surface area contributed by atoms with Crippen molar-refractivity contribution >= 4 is 29.0 Å². The summed E-state index contributed by atoms with van der Waals surface area (Å²) in [5.41, 5.74) is 0.886. The van der Waals surface area contributed by atoms with Crippen molar-refractivity contribution in [3.8, 4) is 16.6 Å². The van der Waals surface area contributed by atoms with Crippen LogP contribution in [-0.4, -0.2) is 36.2 Å². The van der Waals surface area contributed by atoms with Crippen molar-refractivity contribution < 1.29 is 18.7 Å². The summed E-state index contributed by atoms with van der Waals surface area (Å²) in [6.07, 6.45) is 1.50. The fourth-order valence-corrected chi connectivity index (χ4v) is 4.46. The molecule has 2 amide bonds. The van der Waals surface area contributed by atoms with Gasteiger partial charge in [-0.2, -0.15) is 5.26 Å². The maximum atomic E-state index is 14.8. The summed E-state index contributed by atoms with van der Waals surface area (Å²) in [6.45, 7) is 1.82. The van der Waals surface area contributed by atoms with Gasteiger partial charge in [0, 0.05) is 17.9 Å². The summed E-state index contributed by atoms with van der Waals surface area (Å²) in [5.74, 6) is -0.709. The van der Waals surface area contributed by atoms with Crippen molar-refractivity contribution in [2.24, 2.45) is 0 Å². The molecule has 1 atom stereocenters. The van der Waals surface area contributed by atoms with Gasteiger partial charge in [-0.3, -0.25) is 9.69 Å². The second-order valence-electron chi connectivity index (χ2n) is 7.30. The molecule has 29 heavy (non-hydrogen) atoms. The average molecular weight is 414 g/mol. The zero-order chi connectivity index (χ0) is 20.6. The van der Waals surface area contributed by atoms with Crippen molar-refractivity contribution in [3.63, 3.8) is 0 Å². The Bertz CT molecular complexity index is 1010. The van der Waals surface area contributed by atoms with Gasteiger partial charge in [-0.25, -0.2) is 14.2 Å². The predicted molar refractivity (Wildman–Crippen MR) is 105 cm³/mol. The Hall–Kier alpha value is -2.99. The van der Waals surface area contributed by atoms with E-state index in [1.54, 1.807) is 12.1 Å². The molecule has 1 aliphatic heterocycles. The van der Waals surface area contributed by atoms with E-state index >= 15 is 0 Å². The first kappa shape index (κ1) is 19.3. The van der Waals surface area contributed by atoms with Gasteiger partial charge >= 0.3 is 6.09 Å². The monoisotopic (exact) mass is 414 g/mol. The fraction of sp³-hybridized carbons (Fsp3) is 0.400. The summed E-state index contributed by atoms with van der Waals surface area (Å²) in [4.78, 5) is 29.0. The molecule has 1 saturated carbocycles. The topological polar surface area (TPSA) is 95.3 Å². The third kappa shape index (κ3) is 3.56. The number of rotatable bonds is 5. The van der Waals surface area contributed by atoms with Crippen LogP contribution in [0.5, 0.6) is 0 Å². The lowest BCUT2D eigenvalue weighted by Crippen LogP contribution is -2.33. The maximum Gasteiger partial charge on any atom is 0.414 e. The van der Waals surface area contributed by atoms with E-state index in [9.17, 15) is 19.2 Å². The first-order valence-corrected chi connectivity index (χ1v) is 10.2. The van der Waals surface area contributed by atoms with Gasteiger partial charge in [0.1, 0.15) is 22.3 Å². The Kier molecular flexibility index (Phi) is 4.96. The van der Waals surface area contributed by atoms with Crippen LogP contribution in [0.25, 0.3) is 10.6 Å². The molecule has 0 spiro atoms. The van der Waals surface area contributed by atoms with Crippen LogP contribution < -0.4 is 10.2 Å². The van der Waals surface area contributed by atoms with E-state index in [1.807, 2.05) is 5.38 Å². The van der Waals surface area contributed by atoms with E-state index in [2.05, 4.69) is 16.4 Å². The first-order chi connectivity index (χ1) is 13.9. The highest BCUT2D eigenvalue weighted by Gasteiger charge is 2.41. The number of nitrogens with zero attached hydrogens (tertiary/aromatic N) is 3. The second-order valence-corrected chi connectivity index (χ2v) is 8.16. The van der Waals surface area contributed by atoms with Crippen LogP contribution in [0.15, 0.2) is 23.6 Å². The van der Waals surface area contributed by atoms with Gasteiger partial charge in [0.2, 0.25) is 5.91 Å². The number of carbonyl (C=O) groups is 2. The van der Waals surface area contributed by atoms with Gasteiger partial charge in [0.15, 0.2) is 0 Å². The number of nitrogens with one attached hydrogen (secondary N) is 1. The van der Waals surface area contributed by atoms with Crippen LogP contribution >= 0.6 is 11.3 Å². The van der Waals surface area contributed by atoms with Crippen LogP contribution in [0.3, 0.4) is 0 Å². The summed E-state index contributed by atoms with van der Waals surface area (Å²) in [7, 11) is 0. The lowest BCUT2D eigenvalue weighted by molar-refractivity contribution is -0.119. The number of nitriles is 1. The van der Waals surface area contributed by atoms with Gasteiger partial charge in [-0.1, -0.05) is 0 Å². The zero-order valence-electron chi connectivity index (χ0n) is 15.8. The zero-order valence-corrected chi connectivity index (χ0v) is 16.6. The van der Waals surface area contributed by atoms with Crippen LogP contribution in [-0.2, 0) is 14.9 Å². The van der Waals surface area contributed by atoms with Gasteiger partial charge < -0.3 is 10.1 Å². The van der Waals surface area contributed by atoms with Crippen LogP contribution in [0.4, 0.5) is 14.9 Å². The normalized spacial score (nSPS) is 20.0. The molecule has 7 nitrogen and oxygen atoms in total. The molecule has 0 bridgehead atoms. The Balaban J connectivity index is 1.52. The number of hydrogen-bond donors (Lipinski definition) is 1. The summed E-state index contributed by atoms with van der Waals surface area (Å²) >= 11 is 1.31. The predicted octanol–water partition coefficient (Wildman–Crippen LogP) is 3.36. The highest BCUT2D eigenvalue weighted by atomic mass is 32.1. The number of aromatic nitrogens is 1. The lowest BCUT2D eigenvalue weighted by Gasteiger charge is -2.33. The lowest BCUT2D eigenvalue weighted by atomic mass is 9.68. The molecule has 150 valence electrons. The number of anilines is 1. The summed E-state index contributed by atoms with van der Waals surface area (Å²) in [5, 5.41) is 14.4. The Morgan fingerprint density at radius 2 is 2.31 bits per heavy atom. The minimum Gasteiger partial charge on any atom is -0.442 e. The minimum atomic E-state index is -0.579. The number of hydrogen-bond acceptors (Lipinski definition) is 6. The molecule has 1 aliphatic carbocycles. The van der Waals surface area contributed by atoms with Crippen LogP contribution in [0, 0.1) is 17.1 Å². The summed E-state index contributed by atoms with van der Waals surface area (Å²) in [6, 6.07) is 6.86. The van der Waals surface area contributed by atoms with Crippen LogP contribution in [0.1, 0.15) is 31.9 Å². The standard InChI is InChI=1S/C20H19FN4O3S/c1-12(26)23-8-14-9-25(19(27)28-14)13-3-4-15(16(21)7-13)18-24-17(10-29-18)20(11-22)5-2-6-20/h3-4,7,10,14H,2,5-6,8-9H2,1H3,(H,23,26). The van der Waals surface area contributed by atoms with Gasteiger partial charge in [0.25, 0.3) is 0 Å². The van der Waals surface area contributed by atoms with Crippen LogP contribution in [0.2, 0.25) is 0 Å². The highest BCUT2D eigenvalue weighted by molar-refractivity contribution is 7.13. The van der Waals surface area contributed by atoms with Gasteiger partial charge in [-0.15, -0.1) is 11.3 Å². The molecule has 2 heterocycles. The molecule has 9 heteroatoms. The Morgan fingerprint density at radius 3 is 2.93 bits per heavy atom. The number of carbonyl (C=O) groups excluding carboxylic acids is 2. The summed E-state index contributed by atoms with van der Waals surface area (Å²) < 4.78 is 20.0. The molecular weight excluding hydrogens is 395 g/mol. The van der Waals surface area contributed by atoms with E-state index < -0.39 is 23.4 Å². The van der Waals surface area contributed by atoms with E-state index in [0.717, 1.165) is 19.3 Å². The average Bonchev–Trinajstić information content (AvgIpc) is 3.27. The van der Waals surface area contributed by atoms with Gasteiger partial charge in [-0.05, 0) is 37.5 Å². The van der Waals surface area contributed by atoms with E-state index in [1.165, 1.54) is 29.2 Å². The number of halogens is 1. The molecule has 2 aliphatic rings. The number of thiazole rings is 1. The third-order valence-electron chi connectivity index (χ3n) is 5.36. The molecule has 1 aromatic heterocycles. The number of amides is 2. The number of benzene rings is 1. The molecule has 2 aromatic rings. The molecule has 1 aromatic carbocycles. The molecule has 2 fully saturated rings. The third-order valence-corrected chi connectivity index (χ3v) is 6.24. The van der Waals surface area contributed by atoms with Crippen molar-refractivity contribution in [3.05, 3.63) is 35.1 Å². The fourth-order valence-electron chi connectivity index (χ4n) is 3.51. The first-order valence-electron chi connectivity index (χ1n) is 9.32. The maximum absolute atomic E-state index is 14.8. The molecular formula is C20H19FN4O3S. The molecule has 1 unspecified atom stereocenters. The minimum absolute atomic E-state index is 0.209. The molecule has 1 N–H and O–H groups in total. The Labute approximate surface area is 171 Å². The number of cyclic esters (lactones) is 1. The molecule has 0 radical (unpaired) electrons. The van der Waals surface area contributed by atoms with E-state index in [4.69, 9.17) is 4.74 Å². The smallest absolute Gasteiger partial charge is 0.414 e. The van der Waals surface area contributed by atoms with Gasteiger partial charge in [0.05, 0.1) is 30.5 Å². The highest BCUT2D eigenvalue weighted by Crippen LogP contribution is 2.44. The van der Waals surface area contributed by atoms with E-state index in [0.29, 0.717) is 22.0 Å². The van der Waals surface area contributed by atoms with Crippen molar-refractivity contribution in [1.29, 1.82) is 5.26 Å². The SMILES string of the molecule is CC(=O)NCC1CN(c2ccc(-c3nc(C4(C#N)CCC4)cs3)c(F)c2)C(=O)O1.